The minimum absolute atomic E-state index is 0.152. The molecule has 44 heavy (non-hydrogen) atoms. The predicted octanol–water partition coefficient (Wildman–Crippen LogP) is 5.89. The molecule has 1 aliphatic rings. The van der Waals surface area contributed by atoms with Crippen molar-refractivity contribution in [3.05, 3.63) is 83.7 Å². The number of carbonyl (C=O) groups excluding carboxylic acids is 1. The van der Waals surface area contributed by atoms with Crippen molar-refractivity contribution in [3.8, 4) is 16.9 Å². The molecule has 2 N–H and O–H groups in total. The largest absolute Gasteiger partial charge is 0.496 e. The number of amides is 1. The summed E-state index contributed by atoms with van der Waals surface area (Å²) in [6.45, 7) is 5.72. The fourth-order valence-corrected chi connectivity index (χ4v) is 5.76. The zero-order chi connectivity index (χ0) is 31.2. The molecule has 2 atom stereocenters. The number of piperidine rings is 1. The van der Waals surface area contributed by atoms with Crippen LogP contribution in [-0.4, -0.2) is 77.5 Å². The lowest BCUT2D eigenvalue weighted by molar-refractivity contribution is 0.0408. The number of likely N-dealkylation sites (tertiary alicyclic amines) is 1. The van der Waals surface area contributed by atoms with E-state index in [1.165, 1.54) is 0 Å². The fourth-order valence-electron chi connectivity index (χ4n) is 5.76. The summed E-state index contributed by atoms with van der Waals surface area (Å²) in [6.07, 6.45) is 1.35. The van der Waals surface area contributed by atoms with Crippen LogP contribution in [0.25, 0.3) is 22.0 Å². The number of hydrogen-bond acceptors (Lipinski definition) is 8. The fraction of sp³-hybridized carbons (Fsp3) is 0.400. The van der Waals surface area contributed by atoms with Crippen LogP contribution in [0.1, 0.15) is 36.7 Å². The van der Waals surface area contributed by atoms with Crippen molar-refractivity contribution in [1.82, 2.24) is 19.8 Å². The third-order valence-corrected chi connectivity index (χ3v) is 8.49. The van der Waals surface area contributed by atoms with Crippen LogP contribution in [0.3, 0.4) is 0 Å². The van der Waals surface area contributed by atoms with Crippen molar-refractivity contribution in [1.29, 1.82) is 0 Å². The first-order chi connectivity index (χ1) is 21.2. The van der Waals surface area contributed by atoms with Crippen LogP contribution in [0.5, 0.6) is 5.75 Å². The van der Waals surface area contributed by atoms with Gasteiger partial charge in [0.05, 0.1) is 12.6 Å². The van der Waals surface area contributed by atoms with E-state index in [0.29, 0.717) is 31.3 Å². The normalized spacial score (nSPS) is 15.3. The highest BCUT2D eigenvalue weighted by atomic mass is 16.6. The molecule has 232 valence electrons. The molecule has 4 aromatic rings. The molecule has 1 amide bonds. The SMILES string of the molecule is COc1ccc(-c2ccc3nc(C)nc(NC(C)C4CCN(C(=O)OCc5ccccc5)CC4)c3c2)cc1CC(O)N(C)C. The lowest BCUT2D eigenvalue weighted by atomic mass is 9.90. The Morgan fingerprint density at radius 2 is 1.75 bits per heavy atom. The van der Waals surface area contributed by atoms with Crippen molar-refractivity contribution in [2.24, 2.45) is 5.92 Å². The third kappa shape index (κ3) is 7.46. The van der Waals surface area contributed by atoms with Gasteiger partial charge in [0, 0.05) is 30.9 Å². The van der Waals surface area contributed by atoms with Gasteiger partial charge in [-0.2, -0.15) is 0 Å². The number of hydrogen-bond donors (Lipinski definition) is 2. The van der Waals surface area contributed by atoms with E-state index in [0.717, 1.165) is 57.6 Å². The summed E-state index contributed by atoms with van der Waals surface area (Å²) in [5.41, 5.74) is 4.86. The molecule has 1 saturated heterocycles. The number of anilines is 1. The van der Waals surface area contributed by atoms with Crippen LogP contribution >= 0.6 is 0 Å². The molecule has 0 radical (unpaired) electrons. The standard InChI is InChI=1S/C35H43N5O4/c1-23(26-15-17-40(18-16-26)35(42)44-22-25-9-7-6-8-10-25)36-34-30-20-28(11-13-31(30)37-24(2)38-34)27-12-14-32(43-5)29(19-27)21-33(41)39(3)4/h6-14,19-20,23,26,33,41H,15-18,21-22H2,1-5H3,(H,36,37,38). The van der Waals surface area contributed by atoms with Gasteiger partial charge < -0.3 is 24.8 Å². The van der Waals surface area contributed by atoms with Crippen LogP contribution in [0, 0.1) is 12.8 Å². The number of nitrogens with one attached hydrogen (secondary N) is 1. The molecular formula is C35H43N5O4. The molecule has 9 nitrogen and oxygen atoms in total. The number of aromatic nitrogens is 2. The average molecular weight is 598 g/mol. The van der Waals surface area contributed by atoms with Gasteiger partial charge in [0.1, 0.15) is 30.2 Å². The number of likely N-dealkylation sites (N-methyl/N-ethyl adjacent to an activating group) is 1. The minimum atomic E-state index is -0.615. The molecule has 0 saturated carbocycles. The quantitative estimate of drug-likeness (QED) is 0.219. The molecule has 1 aromatic heterocycles. The van der Waals surface area contributed by atoms with Gasteiger partial charge in [-0.3, -0.25) is 4.90 Å². The van der Waals surface area contributed by atoms with E-state index in [1.807, 2.05) is 74.4 Å². The summed E-state index contributed by atoms with van der Waals surface area (Å²) in [4.78, 5) is 25.8. The Kier molecular flexibility index (Phi) is 9.97. The first-order valence-electron chi connectivity index (χ1n) is 15.2. The number of carbonyl (C=O) groups is 1. The van der Waals surface area contributed by atoms with E-state index in [-0.39, 0.29) is 18.7 Å². The van der Waals surface area contributed by atoms with Crippen LogP contribution in [0.15, 0.2) is 66.7 Å². The lowest BCUT2D eigenvalue weighted by Gasteiger charge is -2.34. The molecule has 2 heterocycles. The van der Waals surface area contributed by atoms with E-state index >= 15 is 0 Å². The highest BCUT2D eigenvalue weighted by Gasteiger charge is 2.28. The zero-order valence-electron chi connectivity index (χ0n) is 26.3. The maximum absolute atomic E-state index is 12.7. The average Bonchev–Trinajstić information content (AvgIpc) is 3.03. The summed E-state index contributed by atoms with van der Waals surface area (Å²) in [6, 6.07) is 22.2. The Balaban J connectivity index is 1.28. The van der Waals surface area contributed by atoms with E-state index in [9.17, 15) is 9.90 Å². The van der Waals surface area contributed by atoms with Crippen molar-refractivity contribution >= 4 is 22.8 Å². The molecule has 1 aliphatic heterocycles. The summed E-state index contributed by atoms with van der Waals surface area (Å²) < 4.78 is 11.1. The highest BCUT2D eigenvalue weighted by Crippen LogP contribution is 2.32. The van der Waals surface area contributed by atoms with E-state index < -0.39 is 6.23 Å². The molecule has 3 aromatic carbocycles. The Bertz CT molecular complexity index is 1570. The number of aryl methyl sites for hydroxylation is 1. The third-order valence-electron chi connectivity index (χ3n) is 8.49. The molecule has 0 bridgehead atoms. The van der Waals surface area contributed by atoms with Gasteiger partial charge >= 0.3 is 6.09 Å². The van der Waals surface area contributed by atoms with Crippen LogP contribution in [-0.2, 0) is 17.8 Å². The van der Waals surface area contributed by atoms with Gasteiger partial charge in [-0.05, 0) is 93.2 Å². The van der Waals surface area contributed by atoms with E-state index in [4.69, 9.17) is 19.4 Å². The minimum Gasteiger partial charge on any atom is -0.496 e. The Morgan fingerprint density at radius 1 is 1.05 bits per heavy atom. The van der Waals surface area contributed by atoms with Crippen LogP contribution in [0.2, 0.25) is 0 Å². The maximum atomic E-state index is 12.7. The second-order valence-electron chi connectivity index (χ2n) is 11.8. The molecule has 5 rings (SSSR count). The lowest BCUT2D eigenvalue weighted by Crippen LogP contribution is -2.42. The number of fused-ring (bicyclic) bond motifs is 1. The van der Waals surface area contributed by atoms with Gasteiger partial charge in [-0.25, -0.2) is 14.8 Å². The molecule has 9 heteroatoms. The summed E-state index contributed by atoms with van der Waals surface area (Å²) in [5, 5.41) is 15.1. The topological polar surface area (TPSA) is 100 Å². The molecule has 0 aliphatic carbocycles. The smallest absolute Gasteiger partial charge is 0.410 e. The van der Waals surface area contributed by atoms with Gasteiger partial charge in [0.25, 0.3) is 0 Å². The first-order valence-corrected chi connectivity index (χ1v) is 15.2. The van der Waals surface area contributed by atoms with Gasteiger partial charge in [-0.15, -0.1) is 0 Å². The van der Waals surface area contributed by atoms with Gasteiger partial charge in [0.15, 0.2) is 0 Å². The van der Waals surface area contributed by atoms with E-state index in [2.05, 4.69) is 30.4 Å². The summed E-state index contributed by atoms with van der Waals surface area (Å²) in [5.74, 6) is 2.65. The van der Waals surface area contributed by atoms with Gasteiger partial charge in [0.2, 0.25) is 0 Å². The predicted molar refractivity (Wildman–Crippen MR) is 174 cm³/mol. The first kappa shape index (κ1) is 31.2. The number of ether oxygens (including phenoxy) is 2. The molecule has 1 fully saturated rings. The summed E-state index contributed by atoms with van der Waals surface area (Å²) in [7, 11) is 5.36. The molecular weight excluding hydrogens is 554 g/mol. The number of aliphatic hydroxyl groups is 1. The van der Waals surface area contributed by atoms with E-state index in [1.54, 1.807) is 12.0 Å². The van der Waals surface area contributed by atoms with Crippen molar-refractivity contribution in [2.45, 2.75) is 52.0 Å². The number of aliphatic hydroxyl groups excluding tert-OH is 1. The monoisotopic (exact) mass is 597 g/mol. The van der Waals surface area contributed by atoms with Crippen LogP contribution < -0.4 is 10.1 Å². The van der Waals surface area contributed by atoms with Crippen molar-refractivity contribution in [3.63, 3.8) is 0 Å². The number of nitrogens with zero attached hydrogens (tertiary/aromatic N) is 4. The summed E-state index contributed by atoms with van der Waals surface area (Å²) >= 11 is 0. The number of rotatable bonds is 10. The molecule has 2 unspecified atom stereocenters. The Morgan fingerprint density at radius 3 is 2.45 bits per heavy atom. The zero-order valence-corrected chi connectivity index (χ0v) is 26.3. The van der Waals surface area contributed by atoms with Gasteiger partial charge in [-0.1, -0.05) is 42.5 Å². The van der Waals surface area contributed by atoms with Crippen LogP contribution in [0.4, 0.5) is 10.6 Å². The second-order valence-corrected chi connectivity index (χ2v) is 11.8. The Labute approximate surface area is 259 Å². The Hall–Kier alpha value is -4.21. The maximum Gasteiger partial charge on any atom is 0.410 e. The van der Waals surface area contributed by atoms with Crippen molar-refractivity contribution in [2.75, 3.05) is 39.6 Å². The number of methoxy groups -OCH3 is 1. The number of benzene rings is 3. The second kappa shape index (κ2) is 14.1. The highest BCUT2D eigenvalue weighted by molar-refractivity contribution is 5.93. The van der Waals surface area contributed by atoms with Crippen molar-refractivity contribution < 1.29 is 19.4 Å². The molecule has 0 spiro atoms.